The van der Waals surface area contributed by atoms with Gasteiger partial charge in [-0.2, -0.15) is 0 Å². The molecule has 1 atom stereocenters. The van der Waals surface area contributed by atoms with E-state index in [9.17, 15) is 4.79 Å². The minimum atomic E-state index is 0.359. The van der Waals surface area contributed by atoms with Crippen molar-refractivity contribution in [2.24, 2.45) is 0 Å². The van der Waals surface area contributed by atoms with E-state index in [2.05, 4.69) is 30.0 Å². The number of rotatable bonds is 0. The van der Waals surface area contributed by atoms with Gasteiger partial charge >= 0.3 is 0 Å². The van der Waals surface area contributed by atoms with E-state index in [0.717, 1.165) is 38.6 Å². The summed E-state index contributed by atoms with van der Waals surface area (Å²) in [5.74, 6) is 0.361. The molecule has 0 N–H and O–H groups in total. The Kier molecular flexibility index (Phi) is 2.65. The van der Waals surface area contributed by atoms with Gasteiger partial charge in [-0.25, -0.2) is 0 Å². The molecule has 0 saturated carbocycles. The molecule has 2 heterocycles. The van der Waals surface area contributed by atoms with Crippen LogP contribution in [0.4, 0.5) is 0 Å². The van der Waals surface area contributed by atoms with Gasteiger partial charge in [-0.15, -0.1) is 0 Å². The SMILES string of the molecule is Cc1ccc2c(c1)C1CCCN1C(=O)CCC2. The number of nitrogens with zero attached hydrogens (tertiary/aromatic N) is 1. The van der Waals surface area contributed by atoms with Crippen molar-refractivity contribution in [3.8, 4) is 0 Å². The summed E-state index contributed by atoms with van der Waals surface area (Å²) in [7, 11) is 0. The monoisotopic (exact) mass is 229 g/mol. The van der Waals surface area contributed by atoms with Crippen LogP contribution in [0.1, 0.15) is 48.4 Å². The Morgan fingerprint density at radius 1 is 1.24 bits per heavy atom. The Labute approximate surface area is 103 Å². The molecule has 0 aliphatic carbocycles. The maximum Gasteiger partial charge on any atom is 0.223 e. The van der Waals surface area contributed by atoms with E-state index in [4.69, 9.17) is 0 Å². The summed E-state index contributed by atoms with van der Waals surface area (Å²) < 4.78 is 0. The molecule has 0 spiro atoms. The first kappa shape index (κ1) is 10.8. The second-order valence-electron chi connectivity index (χ2n) is 5.30. The molecule has 1 aromatic carbocycles. The van der Waals surface area contributed by atoms with Gasteiger partial charge in [0.05, 0.1) is 6.04 Å². The molecule has 1 amide bonds. The molecule has 90 valence electrons. The number of carbonyl (C=O) groups excluding carboxylic acids is 1. The Hall–Kier alpha value is -1.31. The zero-order chi connectivity index (χ0) is 11.8. The lowest BCUT2D eigenvalue weighted by molar-refractivity contribution is -0.132. The standard InChI is InChI=1S/C15H19NO/c1-11-7-8-12-4-2-6-15(17)16-9-3-5-14(16)13(12)10-11/h7-8,10,14H,2-6,9H2,1H3. The third kappa shape index (κ3) is 1.86. The fourth-order valence-corrected chi connectivity index (χ4v) is 3.21. The summed E-state index contributed by atoms with van der Waals surface area (Å²) >= 11 is 0. The van der Waals surface area contributed by atoms with Crippen LogP contribution in [0.5, 0.6) is 0 Å². The number of carbonyl (C=O) groups is 1. The molecule has 0 bridgehead atoms. The molecule has 17 heavy (non-hydrogen) atoms. The third-order valence-electron chi connectivity index (χ3n) is 4.07. The molecule has 0 aromatic heterocycles. The molecule has 1 saturated heterocycles. The zero-order valence-electron chi connectivity index (χ0n) is 10.4. The van der Waals surface area contributed by atoms with E-state index in [1.165, 1.54) is 16.7 Å². The summed E-state index contributed by atoms with van der Waals surface area (Å²) in [6.07, 6.45) is 5.08. The lowest BCUT2D eigenvalue weighted by Crippen LogP contribution is -2.32. The van der Waals surface area contributed by atoms with Crippen LogP contribution in [0.25, 0.3) is 0 Å². The highest BCUT2D eigenvalue weighted by molar-refractivity contribution is 5.77. The van der Waals surface area contributed by atoms with Gasteiger partial charge in [-0.1, -0.05) is 23.8 Å². The Morgan fingerprint density at radius 3 is 3.00 bits per heavy atom. The van der Waals surface area contributed by atoms with Crippen LogP contribution < -0.4 is 0 Å². The largest absolute Gasteiger partial charge is 0.336 e. The van der Waals surface area contributed by atoms with Crippen molar-refractivity contribution in [1.29, 1.82) is 0 Å². The van der Waals surface area contributed by atoms with Crippen LogP contribution >= 0.6 is 0 Å². The van der Waals surface area contributed by atoms with Gasteiger partial charge in [-0.3, -0.25) is 4.79 Å². The topological polar surface area (TPSA) is 20.3 Å². The van der Waals surface area contributed by atoms with Gasteiger partial charge in [0.25, 0.3) is 0 Å². The van der Waals surface area contributed by atoms with Crippen molar-refractivity contribution < 1.29 is 4.79 Å². The molecule has 2 aliphatic heterocycles. The lowest BCUT2D eigenvalue weighted by Gasteiger charge is -2.29. The van der Waals surface area contributed by atoms with E-state index in [-0.39, 0.29) is 0 Å². The van der Waals surface area contributed by atoms with Crippen molar-refractivity contribution in [2.45, 2.75) is 45.1 Å². The second kappa shape index (κ2) is 4.17. The Bertz CT molecular complexity index is 452. The number of hydrogen-bond donors (Lipinski definition) is 0. The van der Waals surface area contributed by atoms with Gasteiger partial charge in [0.1, 0.15) is 0 Å². The van der Waals surface area contributed by atoms with Crippen molar-refractivity contribution in [3.63, 3.8) is 0 Å². The molecular weight excluding hydrogens is 210 g/mol. The minimum absolute atomic E-state index is 0.359. The van der Waals surface area contributed by atoms with Gasteiger partial charge in [0, 0.05) is 13.0 Å². The molecule has 1 unspecified atom stereocenters. The van der Waals surface area contributed by atoms with Crippen LogP contribution in [0.3, 0.4) is 0 Å². The maximum atomic E-state index is 12.1. The molecule has 2 nitrogen and oxygen atoms in total. The molecular formula is C15H19NO. The maximum absolute atomic E-state index is 12.1. The first-order valence-corrected chi connectivity index (χ1v) is 6.64. The van der Waals surface area contributed by atoms with Crippen molar-refractivity contribution in [3.05, 3.63) is 34.9 Å². The first-order chi connectivity index (χ1) is 8.25. The molecule has 2 heteroatoms. The Morgan fingerprint density at radius 2 is 2.12 bits per heavy atom. The van der Waals surface area contributed by atoms with Crippen molar-refractivity contribution >= 4 is 5.91 Å². The Balaban J connectivity index is 2.07. The summed E-state index contributed by atoms with van der Waals surface area (Å²) in [5.41, 5.74) is 4.18. The van der Waals surface area contributed by atoms with E-state index in [1.807, 2.05) is 0 Å². The van der Waals surface area contributed by atoms with Gasteiger partial charge in [0.2, 0.25) is 5.91 Å². The summed E-state index contributed by atoms with van der Waals surface area (Å²) in [6, 6.07) is 7.10. The molecule has 2 aliphatic rings. The van der Waals surface area contributed by atoms with Crippen LogP contribution in [0.2, 0.25) is 0 Å². The number of aryl methyl sites for hydroxylation is 2. The van der Waals surface area contributed by atoms with Gasteiger partial charge in [0.15, 0.2) is 0 Å². The highest BCUT2D eigenvalue weighted by Crippen LogP contribution is 2.36. The van der Waals surface area contributed by atoms with Gasteiger partial charge < -0.3 is 4.90 Å². The van der Waals surface area contributed by atoms with E-state index in [0.29, 0.717) is 11.9 Å². The zero-order valence-corrected chi connectivity index (χ0v) is 10.4. The average Bonchev–Trinajstić information content (AvgIpc) is 2.77. The summed E-state index contributed by atoms with van der Waals surface area (Å²) in [6.45, 7) is 3.09. The normalized spacial score (nSPS) is 23.9. The predicted molar refractivity (Wildman–Crippen MR) is 67.8 cm³/mol. The number of benzene rings is 1. The predicted octanol–water partition coefficient (Wildman–Crippen LogP) is 2.99. The van der Waals surface area contributed by atoms with Crippen molar-refractivity contribution in [1.82, 2.24) is 4.90 Å². The fraction of sp³-hybridized carbons (Fsp3) is 0.533. The van der Waals surface area contributed by atoms with Crippen LogP contribution in [0, 0.1) is 6.92 Å². The number of hydrogen-bond acceptors (Lipinski definition) is 1. The molecule has 0 radical (unpaired) electrons. The highest BCUT2D eigenvalue weighted by Gasteiger charge is 2.32. The minimum Gasteiger partial charge on any atom is -0.336 e. The van der Waals surface area contributed by atoms with Crippen LogP contribution in [0.15, 0.2) is 18.2 Å². The first-order valence-electron chi connectivity index (χ1n) is 6.64. The van der Waals surface area contributed by atoms with Gasteiger partial charge in [-0.05, 0) is 43.7 Å². The number of amides is 1. The lowest BCUT2D eigenvalue weighted by atomic mass is 9.91. The summed E-state index contributed by atoms with van der Waals surface area (Å²) in [5, 5.41) is 0. The second-order valence-corrected chi connectivity index (χ2v) is 5.30. The number of fused-ring (bicyclic) bond motifs is 3. The molecule has 1 aromatic rings. The van der Waals surface area contributed by atoms with E-state index < -0.39 is 0 Å². The average molecular weight is 229 g/mol. The summed E-state index contributed by atoms with van der Waals surface area (Å²) in [4.78, 5) is 14.2. The molecule has 1 fully saturated rings. The van der Waals surface area contributed by atoms with Crippen molar-refractivity contribution in [2.75, 3.05) is 6.54 Å². The highest BCUT2D eigenvalue weighted by atomic mass is 16.2. The fourth-order valence-electron chi connectivity index (χ4n) is 3.21. The third-order valence-corrected chi connectivity index (χ3v) is 4.07. The van der Waals surface area contributed by atoms with E-state index in [1.54, 1.807) is 0 Å². The smallest absolute Gasteiger partial charge is 0.223 e. The van der Waals surface area contributed by atoms with Crippen LogP contribution in [-0.2, 0) is 11.2 Å². The van der Waals surface area contributed by atoms with E-state index >= 15 is 0 Å². The molecule has 3 rings (SSSR count). The van der Waals surface area contributed by atoms with Crippen LogP contribution in [-0.4, -0.2) is 17.4 Å². The quantitative estimate of drug-likeness (QED) is 0.669.